The number of unbranched alkanes of at least 4 members (excludes halogenated alkanes) is 1. The van der Waals surface area contributed by atoms with E-state index in [1.54, 1.807) is 0 Å². The van der Waals surface area contributed by atoms with Crippen LogP contribution in [0.3, 0.4) is 0 Å². The van der Waals surface area contributed by atoms with E-state index in [1.165, 1.54) is 32.1 Å². The standard InChI is InChI=1S/C23H37NO2/c1-5-6-7-15-14-16-17-8-9-19(25)22(17,2)12-10-18(16)23(3)13-11-20(26)24(4)21(15)23/h15-18,21H,5-14H2,1-4H3/t15?,16-,17-,18-,21?,22-,23+/m0/s1. The maximum Gasteiger partial charge on any atom is 0.222 e. The number of hydrogen-bond acceptors (Lipinski definition) is 2. The number of nitrogens with zero attached hydrogens (tertiary/aromatic N) is 1. The first-order valence-electron chi connectivity index (χ1n) is 11.1. The summed E-state index contributed by atoms with van der Waals surface area (Å²) < 4.78 is 0. The molecule has 1 amide bonds. The maximum absolute atomic E-state index is 12.7. The van der Waals surface area contributed by atoms with Gasteiger partial charge in [-0.15, -0.1) is 0 Å². The van der Waals surface area contributed by atoms with Gasteiger partial charge in [-0.25, -0.2) is 0 Å². The first-order chi connectivity index (χ1) is 12.3. The number of likely N-dealkylation sites (tertiary alicyclic amines) is 1. The molecular weight excluding hydrogens is 322 g/mol. The third-order valence-corrected chi connectivity index (χ3v) is 9.31. The van der Waals surface area contributed by atoms with Crippen LogP contribution in [0.1, 0.15) is 85.0 Å². The average molecular weight is 360 g/mol. The molecule has 0 spiro atoms. The highest BCUT2D eigenvalue weighted by Crippen LogP contribution is 2.65. The van der Waals surface area contributed by atoms with Crippen LogP contribution in [0.15, 0.2) is 0 Å². The van der Waals surface area contributed by atoms with Gasteiger partial charge in [-0.05, 0) is 67.6 Å². The van der Waals surface area contributed by atoms with Gasteiger partial charge in [0.15, 0.2) is 0 Å². The lowest BCUT2D eigenvalue weighted by Crippen LogP contribution is -2.64. The molecule has 0 aromatic heterocycles. The van der Waals surface area contributed by atoms with Crippen LogP contribution in [0.5, 0.6) is 0 Å². The number of ketones is 1. The van der Waals surface area contributed by atoms with Gasteiger partial charge in [0.25, 0.3) is 0 Å². The van der Waals surface area contributed by atoms with Crippen molar-refractivity contribution in [1.29, 1.82) is 0 Å². The van der Waals surface area contributed by atoms with E-state index in [4.69, 9.17) is 0 Å². The van der Waals surface area contributed by atoms with E-state index in [0.29, 0.717) is 47.8 Å². The Labute approximate surface area is 159 Å². The van der Waals surface area contributed by atoms with Crippen molar-refractivity contribution < 1.29 is 9.59 Å². The second-order valence-corrected chi connectivity index (χ2v) is 10.4. The zero-order chi connectivity index (χ0) is 18.7. The number of Topliss-reactive ketones (excluding diaryl/α,β-unsaturated/α-hetero) is 1. The molecule has 0 radical (unpaired) electrons. The number of fused-ring (bicyclic) bond motifs is 5. The van der Waals surface area contributed by atoms with Gasteiger partial charge in [-0.3, -0.25) is 9.59 Å². The topological polar surface area (TPSA) is 37.4 Å². The lowest BCUT2D eigenvalue weighted by atomic mass is 9.45. The number of carbonyl (C=O) groups excluding carboxylic acids is 2. The third-order valence-electron chi connectivity index (χ3n) is 9.31. The Morgan fingerprint density at radius 3 is 2.58 bits per heavy atom. The van der Waals surface area contributed by atoms with Crippen molar-refractivity contribution in [2.45, 2.75) is 91.0 Å². The minimum atomic E-state index is -0.0456. The number of amides is 1. The Morgan fingerprint density at radius 1 is 1.08 bits per heavy atom. The Bertz CT molecular complexity index is 601. The summed E-state index contributed by atoms with van der Waals surface area (Å²) in [6.07, 6.45) is 11.0. The highest BCUT2D eigenvalue weighted by atomic mass is 16.2. The molecule has 3 nitrogen and oxygen atoms in total. The van der Waals surface area contributed by atoms with Gasteiger partial charge < -0.3 is 4.90 Å². The monoisotopic (exact) mass is 359 g/mol. The number of carbonyl (C=O) groups is 2. The Morgan fingerprint density at radius 2 is 1.85 bits per heavy atom. The molecule has 0 N–H and O–H groups in total. The molecule has 3 heteroatoms. The fourth-order valence-electron chi connectivity index (χ4n) is 7.98. The summed E-state index contributed by atoms with van der Waals surface area (Å²) in [6, 6.07) is 0.415. The molecule has 1 heterocycles. The highest BCUT2D eigenvalue weighted by Gasteiger charge is 2.63. The lowest BCUT2D eigenvalue weighted by Gasteiger charge is -2.63. The van der Waals surface area contributed by atoms with Crippen molar-refractivity contribution >= 4 is 11.7 Å². The van der Waals surface area contributed by atoms with Crippen molar-refractivity contribution in [2.75, 3.05) is 7.05 Å². The van der Waals surface area contributed by atoms with Gasteiger partial charge in [0, 0.05) is 31.3 Å². The molecule has 2 unspecified atom stereocenters. The summed E-state index contributed by atoms with van der Waals surface area (Å²) in [7, 11) is 2.07. The molecule has 3 aliphatic carbocycles. The van der Waals surface area contributed by atoms with Gasteiger partial charge in [0.1, 0.15) is 5.78 Å². The van der Waals surface area contributed by atoms with E-state index in [1.807, 2.05) is 0 Å². The van der Waals surface area contributed by atoms with Crippen LogP contribution < -0.4 is 0 Å². The number of rotatable bonds is 3. The van der Waals surface area contributed by atoms with Gasteiger partial charge in [0.2, 0.25) is 5.91 Å². The van der Waals surface area contributed by atoms with Crippen molar-refractivity contribution in [3.8, 4) is 0 Å². The van der Waals surface area contributed by atoms with Crippen LogP contribution in [-0.2, 0) is 9.59 Å². The third kappa shape index (κ3) is 2.44. The van der Waals surface area contributed by atoms with Crippen LogP contribution in [0, 0.1) is 34.5 Å². The minimum Gasteiger partial charge on any atom is -0.342 e. The maximum atomic E-state index is 12.7. The summed E-state index contributed by atoms with van der Waals surface area (Å²) in [4.78, 5) is 27.3. The molecule has 7 atom stereocenters. The van der Waals surface area contributed by atoms with Crippen molar-refractivity contribution in [1.82, 2.24) is 4.90 Å². The molecule has 3 saturated carbocycles. The normalized spacial score (nSPS) is 48.2. The number of piperidine rings is 1. The molecule has 4 rings (SSSR count). The molecular formula is C23H37NO2. The van der Waals surface area contributed by atoms with E-state index in [0.717, 1.165) is 25.7 Å². The smallest absolute Gasteiger partial charge is 0.222 e. The van der Waals surface area contributed by atoms with Gasteiger partial charge in [-0.1, -0.05) is 33.6 Å². The summed E-state index contributed by atoms with van der Waals surface area (Å²) in [6.45, 7) is 7.04. The van der Waals surface area contributed by atoms with Crippen molar-refractivity contribution in [3.05, 3.63) is 0 Å². The summed E-state index contributed by atoms with van der Waals surface area (Å²) in [5.41, 5.74) is 0.201. The van der Waals surface area contributed by atoms with Crippen LogP contribution in [0.4, 0.5) is 0 Å². The molecule has 1 saturated heterocycles. The fraction of sp³-hybridized carbons (Fsp3) is 0.913. The molecule has 1 aliphatic heterocycles. The van der Waals surface area contributed by atoms with E-state index in [2.05, 4.69) is 32.7 Å². The average Bonchev–Trinajstić information content (AvgIpc) is 2.92. The lowest BCUT2D eigenvalue weighted by molar-refractivity contribution is -0.169. The minimum absolute atomic E-state index is 0.0456. The van der Waals surface area contributed by atoms with Gasteiger partial charge in [-0.2, -0.15) is 0 Å². The van der Waals surface area contributed by atoms with Crippen LogP contribution in [-0.4, -0.2) is 29.7 Å². The molecule has 0 aromatic carbocycles. The fourth-order valence-corrected chi connectivity index (χ4v) is 7.98. The van der Waals surface area contributed by atoms with E-state index >= 15 is 0 Å². The first kappa shape index (κ1) is 18.5. The van der Waals surface area contributed by atoms with E-state index in [9.17, 15) is 9.59 Å². The zero-order valence-electron chi connectivity index (χ0n) is 17.2. The quantitative estimate of drug-likeness (QED) is 0.723. The summed E-state index contributed by atoms with van der Waals surface area (Å²) in [5, 5.41) is 0. The highest BCUT2D eigenvalue weighted by molar-refractivity contribution is 5.87. The Hall–Kier alpha value is -0.860. The Balaban J connectivity index is 1.70. The molecule has 146 valence electrons. The molecule has 26 heavy (non-hydrogen) atoms. The second kappa shape index (κ2) is 6.34. The molecule has 0 aromatic rings. The summed E-state index contributed by atoms with van der Waals surface area (Å²) in [5.74, 6) is 3.50. The Kier molecular flexibility index (Phi) is 4.51. The van der Waals surface area contributed by atoms with Crippen molar-refractivity contribution in [3.63, 3.8) is 0 Å². The zero-order valence-corrected chi connectivity index (χ0v) is 17.2. The van der Waals surface area contributed by atoms with Crippen LogP contribution in [0.25, 0.3) is 0 Å². The number of hydrogen-bond donors (Lipinski definition) is 0. The molecule has 0 bridgehead atoms. The first-order valence-corrected chi connectivity index (χ1v) is 11.1. The summed E-state index contributed by atoms with van der Waals surface area (Å²) >= 11 is 0. The van der Waals surface area contributed by atoms with E-state index in [-0.39, 0.29) is 10.8 Å². The van der Waals surface area contributed by atoms with Gasteiger partial charge >= 0.3 is 0 Å². The predicted octanol–water partition coefficient (Wildman–Crippen LogP) is 4.84. The van der Waals surface area contributed by atoms with E-state index < -0.39 is 0 Å². The van der Waals surface area contributed by atoms with Crippen LogP contribution >= 0.6 is 0 Å². The van der Waals surface area contributed by atoms with Crippen molar-refractivity contribution in [2.24, 2.45) is 34.5 Å². The van der Waals surface area contributed by atoms with Crippen LogP contribution in [0.2, 0.25) is 0 Å². The molecule has 4 fully saturated rings. The molecule has 4 aliphatic rings. The SMILES string of the molecule is CCCCC1C[C@@H]2[C@H](CC[C@]3(C)C(=O)CC[C@@H]23)[C@@]2(C)CCC(=O)N(C)C12. The predicted molar refractivity (Wildman–Crippen MR) is 104 cm³/mol. The second-order valence-electron chi connectivity index (χ2n) is 10.4. The largest absolute Gasteiger partial charge is 0.342 e. The van der Waals surface area contributed by atoms with Gasteiger partial charge in [0.05, 0.1) is 0 Å².